The van der Waals surface area contributed by atoms with Crippen molar-refractivity contribution in [1.82, 2.24) is 0 Å². The van der Waals surface area contributed by atoms with E-state index >= 15 is 0 Å². The minimum absolute atomic E-state index is 0.0909. The molecule has 2 aromatic rings. The Bertz CT molecular complexity index is 1930. The molecule has 1 saturated heterocycles. The fraction of sp³-hybridized carbons (Fsp3) is 0.524. The third-order valence-corrected chi connectivity index (χ3v) is 12.1. The van der Waals surface area contributed by atoms with Gasteiger partial charge in [0.05, 0.1) is 40.1 Å². The van der Waals surface area contributed by atoms with Crippen molar-refractivity contribution in [3.8, 4) is 0 Å². The van der Waals surface area contributed by atoms with Crippen LogP contribution in [0.5, 0.6) is 0 Å². The smallest absolute Gasteiger partial charge is 0.338 e. The minimum atomic E-state index is -1.92. The van der Waals surface area contributed by atoms with Crippen LogP contribution in [0.25, 0.3) is 0 Å². The van der Waals surface area contributed by atoms with Gasteiger partial charge in [0.15, 0.2) is 17.8 Å². The number of aliphatic hydroxyl groups is 1. The van der Waals surface area contributed by atoms with E-state index in [1.807, 2.05) is 0 Å². The monoisotopic (exact) mass is 776 g/mol. The number of benzene rings is 2. The topological polar surface area (TPSA) is 187 Å². The molecule has 6 rings (SSSR count). The predicted molar refractivity (Wildman–Crippen MR) is 194 cm³/mol. The second-order valence-electron chi connectivity index (χ2n) is 15.9. The minimum Gasteiger partial charge on any atom is -0.458 e. The van der Waals surface area contributed by atoms with Crippen LogP contribution in [0.1, 0.15) is 88.9 Å². The first-order valence-corrected chi connectivity index (χ1v) is 18.6. The van der Waals surface area contributed by atoms with E-state index in [0.29, 0.717) is 5.57 Å². The summed E-state index contributed by atoms with van der Waals surface area (Å²) in [4.78, 5) is 81.0. The van der Waals surface area contributed by atoms with E-state index in [1.165, 1.54) is 27.7 Å². The van der Waals surface area contributed by atoms with Crippen LogP contribution in [0.2, 0.25) is 0 Å². The summed E-state index contributed by atoms with van der Waals surface area (Å²) >= 11 is 0. The third kappa shape index (κ3) is 6.66. The second-order valence-corrected chi connectivity index (χ2v) is 15.9. The lowest BCUT2D eigenvalue weighted by Crippen LogP contribution is -2.79. The van der Waals surface area contributed by atoms with Gasteiger partial charge in [0.2, 0.25) is 0 Å². The zero-order chi connectivity index (χ0) is 41.0. The molecule has 0 aromatic heterocycles. The molecule has 1 heterocycles. The number of carbonyl (C=O) groups is 6. The van der Waals surface area contributed by atoms with Crippen LogP contribution in [0.15, 0.2) is 71.8 Å². The predicted octanol–water partition coefficient (Wildman–Crippen LogP) is 4.45. The average molecular weight is 777 g/mol. The second kappa shape index (κ2) is 14.8. The average Bonchev–Trinajstić information content (AvgIpc) is 3.37. The van der Waals surface area contributed by atoms with Crippen LogP contribution in [0.3, 0.4) is 0 Å². The van der Waals surface area contributed by atoms with E-state index in [4.69, 9.17) is 33.2 Å². The van der Waals surface area contributed by atoms with Gasteiger partial charge in [-0.05, 0) is 56.2 Å². The fourth-order valence-corrected chi connectivity index (χ4v) is 9.86. The highest BCUT2D eigenvalue weighted by atomic mass is 16.6. The normalized spacial score (nSPS) is 33.2. The lowest BCUT2D eigenvalue weighted by Gasteiger charge is -2.65. The number of ether oxygens (including phenoxy) is 7. The van der Waals surface area contributed by atoms with Crippen molar-refractivity contribution >= 4 is 35.8 Å². The maximum atomic E-state index is 14.5. The summed E-state index contributed by atoms with van der Waals surface area (Å²) < 4.78 is 43.8. The quantitative estimate of drug-likeness (QED) is 0.214. The van der Waals surface area contributed by atoms with Crippen molar-refractivity contribution in [3.05, 3.63) is 82.9 Å². The Morgan fingerprint density at radius 3 is 1.73 bits per heavy atom. The van der Waals surface area contributed by atoms with Gasteiger partial charge in [-0.25, -0.2) is 9.59 Å². The molecule has 0 radical (unpaired) electrons. The van der Waals surface area contributed by atoms with Crippen LogP contribution >= 0.6 is 0 Å². The molecule has 0 spiro atoms. The van der Waals surface area contributed by atoms with Gasteiger partial charge in [-0.1, -0.05) is 43.3 Å². The van der Waals surface area contributed by atoms with Gasteiger partial charge >= 0.3 is 35.8 Å². The van der Waals surface area contributed by atoms with Gasteiger partial charge in [0, 0.05) is 40.5 Å². The molecule has 0 bridgehead atoms. The van der Waals surface area contributed by atoms with E-state index in [9.17, 15) is 33.9 Å². The Morgan fingerprint density at radius 1 is 0.732 bits per heavy atom. The molecule has 2 saturated carbocycles. The Kier molecular flexibility index (Phi) is 10.7. The molecule has 10 atom stereocenters. The van der Waals surface area contributed by atoms with E-state index in [1.54, 1.807) is 74.5 Å². The number of carbonyl (C=O) groups excluding carboxylic acids is 6. The molecule has 300 valence electrons. The van der Waals surface area contributed by atoms with Crippen LogP contribution in [0, 0.1) is 16.7 Å². The third-order valence-electron chi connectivity index (χ3n) is 12.1. The van der Waals surface area contributed by atoms with Crippen LogP contribution in [-0.4, -0.2) is 95.4 Å². The SMILES string of the molecule is CC(=O)OC1CC2(C(C)(C)O)C(=C1C)C(OC(C)=O)C(OC(C)=O)C1(C)C(OC(=O)c3ccccc3)CC3OCC3(OC(C)=O)C1C2OC(=O)c1ccccc1. The number of hydrogen-bond acceptors (Lipinski definition) is 14. The van der Waals surface area contributed by atoms with Crippen molar-refractivity contribution in [2.75, 3.05) is 6.61 Å². The number of fused-ring (bicyclic) bond motifs is 4. The number of esters is 6. The molecular formula is C42H48O14. The molecule has 56 heavy (non-hydrogen) atoms. The summed E-state index contributed by atoms with van der Waals surface area (Å²) in [7, 11) is 0. The van der Waals surface area contributed by atoms with Gasteiger partial charge in [-0.3, -0.25) is 19.2 Å². The summed E-state index contributed by atoms with van der Waals surface area (Å²) in [5.41, 5.74) is -6.31. The van der Waals surface area contributed by atoms with Crippen LogP contribution in [0.4, 0.5) is 0 Å². The van der Waals surface area contributed by atoms with Crippen molar-refractivity contribution in [2.45, 2.75) is 116 Å². The fourth-order valence-electron chi connectivity index (χ4n) is 9.86. The largest absolute Gasteiger partial charge is 0.458 e. The maximum Gasteiger partial charge on any atom is 0.338 e. The lowest BCUT2D eigenvalue weighted by molar-refractivity contribution is -0.350. The highest BCUT2D eigenvalue weighted by Gasteiger charge is 2.81. The zero-order valence-electron chi connectivity index (χ0n) is 32.7. The molecule has 14 nitrogen and oxygen atoms in total. The Morgan fingerprint density at radius 2 is 1.27 bits per heavy atom. The van der Waals surface area contributed by atoms with Gasteiger partial charge in [0.25, 0.3) is 0 Å². The van der Waals surface area contributed by atoms with E-state index < -0.39 is 100 Å². The first-order chi connectivity index (χ1) is 26.3. The van der Waals surface area contributed by atoms with E-state index in [-0.39, 0.29) is 36.1 Å². The number of hydrogen-bond donors (Lipinski definition) is 1. The lowest BCUT2D eigenvalue weighted by atomic mass is 9.49. The first kappa shape index (κ1) is 40.6. The molecule has 10 unspecified atom stereocenters. The van der Waals surface area contributed by atoms with Gasteiger partial charge in [-0.2, -0.15) is 0 Å². The highest BCUT2D eigenvalue weighted by Crippen LogP contribution is 2.69. The van der Waals surface area contributed by atoms with Crippen LogP contribution in [-0.2, 0) is 52.3 Å². The van der Waals surface area contributed by atoms with Gasteiger partial charge in [0.1, 0.15) is 24.4 Å². The molecule has 2 aromatic carbocycles. The van der Waals surface area contributed by atoms with Gasteiger partial charge in [-0.15, -0.1) is 0 Å². The Labute approximate surface area is 324 Å². The van der Waals surface area contributed by atoms with E-state index in [0.717, 1.165) is 13.8 Å². The highest BCUT2D eigenvalue weighted by molar-refractivity contribution is 5.90. The molecule has 3 fully saturated rings. The molecular weight excluding hydrogens is 728 g/mol. The van der Waals surface area contributed by atoms with Crippen LogP contribution < -0.4 is 0 Å². The molecule has 4 aliphatic rings. The molecule has 1 aliphatic heterocycles. The summed E-state index contributed by atoms with van der Waals surface area (Å²) in [5.74, 6) is -5.89. The Hall–Kier alpha value is -5.08. The molecule has 0 amide bonds. The number of rotatable bonds is 9. The summed E-state index contributed by atoms with van der Waals surface area (Å²) in [6.07, 6.45) is -8.24. The van der Waals surface area contributed by atoms with Crippen molar-refractivity contribution < 1.29 is 67.0 Å². The summed E-state index contributed by atoms with van der Waals surface area (Å²) in [5, 5.41) is 12.7. The standard InChI is InChI=1S/C42H48O14/c1-22-29(51-23(2)43)20-41(39(6,7)49)32(22)33(52-24(3)44)35(53-25(4)45)40(8)30(54-37(47)27-15-11-9-12-16-27)19-31-42(21-50-31,56-26(5)46)34(40)36(41)55-38(48)28-17-13-10-14-18-28/h9-18,29-31,33-36,49H,19-21H2,1-8H3. The summed E-state index contributed by atoms with van der Waals surface area (Å²) in [6, 6.07) is 16.3. The van der Waals surface area contributed by atoms with Crippen molar-refractivity contribution in [3.63, 3.8) is 0 Å². The zero-order valence-corrected chi connectivity index (χ0v) is 32.7. The first-order valence-electron chi connectivity index (χ1n) is 18.6. The van der Waals surface area contributed by atoms with Gasteiger partial charge < -0.3 is 38.3 Å². The Balaban J connectivity index is 1.75. The maximum absolute atomic E-state index is 14.5. The molecule has 3 aliphatic carbocycles. The van der Waals surface area contributed by atoms with Crippen molar-refractivity contribution in [2.24, 2.45) is 16.7 Å². The van der Waals surface area contributed by atoms with E-state index in [2.05, 4.69) is 0 Å². The molecule has 14 heteroatoms. The van der Waals surface area contributed by atoms with Crippen molar-refractivity contribution in [1.29, 1.82) is 0 Å². The summed E-state index contributed by atoms with van der Waals surface area (Å²) in [6.45, 7) is 10.8. The molecule has 1 N–H and O–H groups in total.